The zero-order chi connectivity index (χ0) is 10.1. The molecule has 0 fully saturated rings. The first-order chi connectivity index (χ1) is 6.68. The van der Waals surface area contributed by atoms with Gasteiger partial charge in [-0.05, 0) is 6.07 Å². The monoisotopic (exact) mass is 227 g/mol. The predicted molar refractivity (Wildman–Crippen MR) is 63.4 cm³/mol. The molecule has 1 aliphatic rings. The highest BCUT2D eigenvalue weighted by Gasteiger charge is 2.17. The van der Waals surface area contributed by atoms with Crippen LogP contribution in [0.1, 0.15) is 6.42 Å². The summed E-state index contributed by atoms with van der Waals surface area (Å²) in [5.41, 5.74) is 1.86. The highest BCUT2D eigenvalue weighted by Crippen LogP contribution is 2.33. The Labute approximate surface area is 93.1 Å². The number of thiocarbonyl (C=S) groups is 1. The van der Waals surface area contributed by atoms with Crippen molar-refractivity contribution in [3.05, 3.63) is 17.4 Å². The van der Waals surface area contributed by atoms with Crippen LogP contribution in [0, 0.1) is 0 Å². The lowest BCUT2D eigenvalue weighted by Gasteiger charge is -2.18. The van der Waals surface area contributed by atoms with Gasteiger partial charge in [0.2, 0.25) is 0 Å². The molecular weight excluding hydrogens is 218 g/mol. The summed E-state index contributed by atoms with van der Waals surface area (Å²) >= 11 is 11.2. The third kappa shape index (κ3) is 1.67. The zero-order valence-corrected chi connectivity index (χ0v) is 9.32. The second-order valence-corrected chi connectivity index (χ2v) is 4.07. The molecule has 0 radical (unpaired) electrons. The van der Waals surface area contributed by atoms with Gasteiger partial charge >= 0.3 is 0 Å². The van der Waals surface area contributed by atoms with Gasteiger partial charge in [0.05, 0.1) is 16.4 Å². The molecule has 1 aliphatic heterocycles. The van der Waals surface area contributed by atoms with Crippen LogP contribution < -0.4 is 10.2 Å². The van der Waals surface area contributed by atoms with Crippen LogP contribution >= 0.6 is 23.8 Å². The second-order valence-electron chi connectivity index (χ2n) is 3.22. The fourth-order valence-electron chi connectivity index (χ4n) is 1.49. The third-order valence-corrected chi connectivity index (χ3v) is 2.79. The van der Waals surface area contributed by atoms with Crippen molar-refractivity contribution in [2.45, 2.75) is 6.42 Å². The summed E-state index contributed by atoms with van der Waals surface area (Å²) < 4.78 is 0. The summed E-state index contributed by atoms with van der Waals surface area (Å²) in [4.78, 5) is 6.96. The van der Waals surface area contributed by atoms with Crippen molar-refractivity contribution >= 4 is 40.2 Å². The maximum absolute atomic E-state index is 6.02. The standard InChI is InChI=1S/C9H10ClN3S/c1-13-5-3-7(14)12-6-2-4-11-9(10)8(6)13/h2,4H,3,5H2,1H3,(H,12,14). The van der Waals surface area contributed by atoms with Gasteiger partial charge in [-0.25, -0.2) is 4.98 Å². The van der Waals surface area contributed by atoms with Crippen molar-refractivity contribution in [1.29, 1.82) is 0 Å². The number of anilines is 2. The summed E-state index contributed by atoms with van der Waals surface area (Å²) in [6.45, 7) is 0.865. The summed E-state index contributed by atoms with van der Waals surface area (Å²) in [5, 5.41) is 3.67. The summed E-state index contributed by atoms with van der Waals surface area (Å²) in [6.07, 6.45) is 2.52. The van der Waals surface area contributed by atoms with Crippen LogP contribution in [-0.2, 0) is 0 Å². The highest BCUT2D eigenvalue weighted by atomic mass is 35.5. The number of hydrogen-bond acceptors (Lipinski definition) is 3. The molecule has 2 rings (SSSR count). The summed E-state index contributed by atoms with van der Waals surface area (Å²) in [6, 6.07) is 1.88. The van der Waals surface area contributed by atoms with Gasteiger partial charge in [-0.3, -0.25) is 0 Å². The minimum Gasteiger partial charge on any atom is -0.370 e. The number of nitrogens with zero attached hydrogens (tertiary/aromatic N) is 2. The lowest BCUT2D eigenvalue weighted by Crippen LogP contribution is -2.18. The van der Waals surface area contributed by atoms with Gasteiger partial charge in [0.15, 0.2) is 5.15 Å². The van der Waals surface area contributed by atoms with Crippen LogP contribution in [0.15, 0.2) is 12.3 Å². The van der Waals surface area contributed by atoms with Crippen molar-refractivity contribution in [2.24, 2.45) is 0 Å². The van der Waals surface area contributed by atoms with Crippen LogP contribution in [0.4, 0.5) is 11.4 Å². The minimum absolute atomic E-state index is 0.516. The Hall–Kier alpha value is -0.870. The number of hydrogen-bond donors (Lipinski definition) is 1. The Kier molecular flexibility index (Phi) is 2.56. The van der Waals surface area contributed by atoms with Gasteiger partial charge in [-0.1, -0.05) is 23.8 Å². The van der Waals surface area contributed by atoms with E-state index >= 15 is 0 Å². The smallest absolute Gasteiger partial charge is 0.154 e. The van der Waals surface area contributed by atoms with Gasteiger partial charge < -0.3 is 10.2 Å². The number of rotatable bonds is 0. The molecule has 1 aromatic heterocycles. The Balaban J connectivity index is 2.52. The number of halogens is 1. The van der Waals surface area contributed by atoms with E-state index in [1.54, 1.807) is 6.20 Å². The molecule has 14 heavy (non-hydrogen) atoms. The summed E-state index contributed by atoms with van der Waals surface area (Å²) in [5.74, 6) is 0. The lowest BCUT2D eigenvalue weighted by molar-refractivity contribution is 0.931. The van der Waals surface area contributed by atoms with E-state index in [4.69, 9.17) is 23.8 Å². The van der Waals surface area contributed by atoms with Crippen LogP contribution in [0.2, 0.25) is 5.15 Å². The van der Waals surface area contributed by atoms with E-state index in [2.05, 4.69) is 15.2 Å². The first kappa shape index (κ1) is 9.68. The van der Waals surface area contributed by atoms with Crippen molar-refractivity contribution < 1.29 is 0 Å². The Morgan fingerprint density at radius 2 is 2.43 bits per heavy atom. The second kappa shape index (κ2) is 3.71. The van der Waals surface area contributed by atoms with E-state index in [0.29, 0.717) is 5.15 Å². The zero-order valence-electron chi connectivity index (χ0n) is 7.75. The SMILES string of the molecule is CN1CCC(=S)Nc2ccnc(Cl)c21. The molecule has 0 saturated heterocycles. The molecule has 0 amide bonds. The molecule has 0 bridgehead atoms. The molecule has 74 valence electrons. The van der Waals surface area contributed by atoms with E-state index in [9.17, 15) is 0 Å². The normalized spacial score (nSPS) is 15.9. The molecule has 3 nitrogen and oxygen atoms in total. The van der Waals surface area contributed by atoms with E-state index in [-0.39, 0.29) is 0 Å². The maximum Gasteiger partial charge on any atom is 0.154 e. The van der Waals surface area contributed by atoms with Crippen molar-refractivity contribution in [1.82, 2.24) is 4.98 Å². The fourth-order valence-corrected chi connectivity index (χ4v) is 1.99. The van der Waals surface area contributed by atoms with E-state index in [0.717, 1.165) is 29.3 Å². The molecule has 5 heteroatoms. The van der Waals surface area contributed by atoms with E-state index < -0.39 is 0 Å². The van der Waals surface area contributed by atoms with Crippen molar-refractivity contribution in [3.8, 4) is 0 Å². The minimum atomic E-state index is 0.516. The van der Waals surface area contributed by atoms with Crippen LogP contribution in [0.3, 0.4) is 0 Å². The third-order valence-electron chi connectivity index (χ3n) is 2.21. The fraction of sp³-hybridized carbons (Fsp3) is 0.333. The first-order valence-electron chi connectivity index (χ1n) is 4.34. The summed E-state index contributed by atoms with van der Waals surface area (Å²) in [7, 11) is 1.99. The number of nitrogens with one attached hydrogen (secondary N) is 1. The van der Waals surface area contributed by atoms with Gasteiger partial charge in [0.25, 0.3) is 0 Å². The highest BCUT2D eigenvalue weighted by molar-refractivity contribution is 7.80. The average Bonchev–Trinajstić information content (AvgIpc) is 2.27. The van der Waals surface area contributed by atoms with Crippen LogP contribution in [0.5, 0.6) is 0 Å². The molecule has 0 aliphatic carbocycles. The number of pyridine rings is 1. The van der Waals surface area contributed by atoms with Gasteiger partial charge in [0, 0.05) is 26.2 Å². The average molecular weight is 228 g/mol. The van der Waals surface area contributed by atoms with Crippen molar-refractivity contribution in [2.75, 3.05) is 23.8 Å². The molecule has 0 aromatic carbocycles. The Bertz CT molecular complexity index is 380. The first-order valence-corrected chi connectivity index (χ1v) is 5.12. The number of fused-ring (bicyclic) bond motifs is 1. The molecule has 2 heterocycles. The van der Waals surface area contributed by atoms with Crippen molar-refractivity contribution in [3.63, 3.8) is 0 Å². The molecule has 0 atom stereocenters. The molecular formula is C9H10ClN3S. The van der Waals surface area contributed by atoms with E-state index in [1.165, 1.54) is 0 Å². The van der Waals surface area contributed by atoms with Gasteiger partial charge in [0.1, 0.15) is 0 Å². The van der Waals surface area contributed by atoms with Gasteiger partial charge in [-0.15, -0.1) is 0 Å². The molecule has 1 N–H and O–H groups in total. The molecule has 0 saturated carbocycles. The largest absolute Gasteiger partial charge is 0.370 e. The van der Waals surface area contributed by atoms with Crippen LogP contribution in [-0.4, -0.2) is 23.6 Å². The maximum atomic E-state index is 6.02. The topological polar surface area (TPSA) is 28.2 Å². The molecule has 0 spiro atoms. The van der Waals surface area contributed by atoms with Gasteiger partial charge in [-0.2, -0.15) is 0 Å². The van der Waals surface area contributed by atoms with Crippen LogP contribution in [0.25, 0.3) is 0 Å². The number of aromatic nitrogens is 1. The molecule has 1 aromatic rings. The quantitative estimate of drug-likeness (QED) is 0.544. The van der Waals surface area contributed by atoms with E-state index in [1.807, 2.05) is 13.1 Å². The lowest BCUT2D eigenvalue weighted by atomic mass is 10.3. The predicted octanol–water partition coefficient (Wildman–Crippen LogP) is 2.31. The Morgan fingerprint density at radius 1 is 1.64 bits per heavy atom. The molecule has 0 unspecified atom stereocenters. The Morgan fingerprint density at radius 3 is 3.21 bits per heavy atom.